The van der Waals surface area contributed by atoms with Crippen LogP contribution in [0.15, 0.2) is 30.9 Å². The molecule has 0 aliphatic heterocycles. The minimum atomic E-state index is 0.0706. The second-order valence-corrected chi connectivity index (χ2v) is 4.58. The molecule has 2 rings (SSSR count). The van der Waals surface area contributed by atoms with Gasteiger partial charge in [-0.2, -0.15) is 0 Å². The van der Waals surface area contributed by atoms with Crippen molar-refractivity contribution in [1.29, 1.82) is 0 Å². The highest BCUT2D eigenvalue weighted by atomic mass is 16.3. The molecule has 0 spiro atoms. The third-order valence-corrected chi connectivity index (χ3v) is 3.08. The van der Waals surface area contributed by atoms with Crippen molar-refractivity contribution >= 4 is 0 Å². The summed E-state index contributed by atoms with van der Waals surface area (Å²) < 4.78 is 0. The Labute approximate surface area is 112 Å². The van der Waals surface area contributed by atoms with Crippen LogP contribution in [-0.2, 0) is 6.42 Å². The lowest BCUT2D eigenvalue weighted by Crippen LogP contribution is -1.93. The molecule has 1 aromatic heterocycles. The van der Waals surface area contributed by atoms with Crippen molar-refractivity contribution in [2.24, 2.45) is 0 Å². The predicted molar refractivity (Wildman–Crippen MR) is 74.0 cm³/mol. The van der Waals surface area contributed by atoms with Gasteiger partial charge in [-0.05, 0) is 24.5 Å². The highest BCUT2D eigenvalue weighted by Crippen LogP contribution is 2.36. The molecule has 0 aliphatic rings. The summed E-state index contributed by atoms with van der Waals surface area (Å²) in [4.78, 5) is 7.95. The molecule has 0 aliphatic carbocycles. The largest absolute Gasteiger partial charge is 0.508 e. The topological polar surface area (TPSA) is 66.2 Å². The molecular formula is C15H18N2O2. The number of benzene rings is 1. The van der Waals surface area contributed by atoms with Gasteiger partial charge in [0.05, 0.1) is 0 Å². The first-order valence-electron chi connectivity index (χ1n) is 6.52. The first-order chi connectivity index (χ1) is 9.22. The zero-order chi connectivity index (χ0) is 13.7. The fourth-order valence-electron chi connectivity index (χ4n) is 2.19. The first-order valence-corrected chi connectivity index (χ1v) is 6.52. The Morgan fingerprint density at radius 1 is 1.05 bits per heavy atom. The molecule has 0 saturated carbocycles. The normalized spacial score (nSPS) is 10.6. The van der Waals surface area contributed by atoms with Gasteiger partial charge in [-0.3, -0.25) is 0 Å². The van der Waals surface area contributed by atoms with Crippen LogP contribution in [0.4, 0.5) is 0 Å². The van der Waals surface area contributed by atoms with E-state index < -0.39 is 0 Å². The average Bonchev–Trinajstić information content (AvgIpc) is 2.39. The number of hydrogen-bond acceptors (Lipinski definition) is 4. The van der Waals surface area contributed by atoms with E-state index in [2.05, 4.69) is 16.9 Å². The maximum atomic E-state index is 10.1. The van der Waals surface area contributed by atoms with Crippen molar-refractivity contribution in [3.63, 3.8) is 0 Å². The van der Waals surface area contributed by atoms with Crippen LogP contribution >= 0.6 is 0 Å². The average molecular weight is 258 g/mol. The molecule has 0 unspecified atom stereocenters. The lowest BCUT2D eigenvalue weighted by Gasteiger charge is -2.12. The maximum absolute atomic E-state index is 10.1. The van der Waals surface area contributed by atoms with E-state index in [4.69, 9.17) is 0 Å². The summed E-state index contributed by atoms with van der Waals surface area (Å²) in [7, 11) is 0. The van der Waals surface area contributed by atoms with E-state index in [-0.39, 0.29) is 11.5 Å². The van der Waals surface area contributed by atoms with Gasteiger partial charge in [-0.25, -0.2) is 9.97 Å². The van der Waals surface area contributed by atoms with Crippen molar-refractivity contribution < 1.29 is 10.2 Å². The van der Waals surface area contributed by atoms with Gasteiger partial charge in [0, 0.05) is 29.6 Å². The maximum Gasteiger partial charge on any atom is 0.127 e. The Bertz CT molecular complexity index is 541. The number of aromatic nitrogens is 2. The molecule has 2 aromatic rings. The van der Waals surface area contributed by atoms with Crippen LogP contribution in [-0.4, -0.2) is 20.2 Å². The number of phenols is 2. The highest BCUT2D eigenvalue weighted by Gasteiger charge is 2.12. The Balaban J connectivity index is 2.40. The number of aryl methyl sites for hydroxylation is 1. The summed E-state index contributed by atoms with van der Waals surface area (Å²) in [5.41, 5.74) is 2.42. The van der Waals surface area contributed by atoms with E-state index in [0.717, 1.165) is 42.4 Å². The molecule has 1 aromatic carbocycles. The molecule has 0 fully saturated rings. The minimum Gasteiger partial charge on any atom is -0.508 e. The molecule has 100 valence electrons. The van der Waals surface area contributed by atoms with E-state index in [1.807, 2.05) is 0 Å². The quantitative estimate of drug-likeness (QED) is 0.808. The number of aromatic hydroxyl groups is 2. The van der Waals surface area contributed by atoms with E-state index >= 15 is 0 Å². The van der Waals surface area contributed by atoms with Crippen LogP contribution in [0.25, 0.3) is 11.1 Å². The third kappa shape index (κ3) is 3.22. The number of nitrogens with zero attached hydrogens (tertiary/aromatic N) is 2. The summed E-state index contributed by atoms with van der Waals surface area (Å²) >= 11 is 0. The minimum absolute atomic E-state index is 0.0706. The van der Waals surface area contributed by atoms with Gasteiger partial charge in [0.15, 0.2) is 0 Å². The van der Waals surface area contributed by atoms with Gasteiger partial charge in [-0.1, -0.05) is 19.8 Å². The Kier molecular flexibility index (Phi) is 4.34. The predicted octanol–water partition coefficient (Wildman–Crippen LogP) is 3.29. The lowest BCUT2D eigenvalue weighted by molar-refractivity contribution is 0.450. The summed E-state index contributed by atoms with van der Waals surface area (Å²) in [6.45, 7) is 2.14. The summed E-state index contributed by atoms with van der Waals surface area (Å²) in [6, 6.07) is 3.06. The van der Waals surface area contributed by atoms with Crippen LogP contribution in [0.3, 0.4) is 0 Å². The number of unbranched alkanes of at least 4 members (excludes halogenated alkanes) is 2. The van der Waals surface area contributed by atoms with Gasteiger partial charge in [-0.15, -0.1) is 0 Å². The zero-order valence-corrected chi connectivity index (χ0v) is 11.0. The van der Waals surface area contributed by atoms with E-state index in [9.17, 15) is 10.2 Å². The summed E-state index contributed by atoms with van der Waals surface area (Å²) in [5.74, 6) is 0.158. The Morgan fingerprint density at radius 3 is 2.47 bits per heavy atom. The molecule has 4 nitrogen and oxygen atoms in total. The summed E-state index contributed by atoms with van der Waals surface area (Å²) in [6.07, 6.45) is 8.90. The second-order valence-electron chi connectivity index (χ2n) is 4.58. The van der Waals surface area contributed by atoms with Crippen LogP contribution in [0.2, 0.25) is 0 Å². The smallest absolute Gasteiger partial charge is 0.127 e. The van der Waals surface area contributed by atoms with Crippen molar-refractivity contribution in [1.82, 2.24) is 9.97 Å². The van der Waals surface area contributed by atoms with Crippen molar-refractivity contribution in [2.75, 3.05) is 0 Å². The Morgan fingerprint density at radius 2 is 1.79 bits per heavy atom. The van der Waals surface area contributed by atoms with Crippen molar-refractivity contribution in [3.8, 4) is 22.6 Å². The van der Waals surface area contributed by atoms with Gasteiger partial charge >= 0.3 is 0 Å². The van der Waals surface area contributed by atoms with Crippen molar-refractivity contribution in [2.45, 2.75) is 32.6 Å². The molecule has 0 saturated heterocycles. The van der Waals surface area contributed by atoms with E-state index in [1.54, 1.807) is 18.5 Å². The molecule has 0 atom stereocenters. The highest BCUT2D eigenvalue weighted by molar-refractivity contribution is 5.73. The molecule has 4 heteroatoms. The molecule has 1 heterocycles. The lowest BCUT2D eigenvalue weighted by atomic mass is 9.96. The molecule has 0 bridgehead atoms. The molecule has 0 amide bonds. The SMILES string of the molecule is CCCCCc1cc(O)cc(O)c1-c1cncnc1. The van der Waals surface area contributed by atoms with Crippen LogP contribution in [0.1, 0.15) is 31.7 Å². The fraction of sp³-hybridized carbons (Fsp3) is 0.333. The van der Waals surface area contributed by atoms with E-state index in [1.165, 1.54) is 12.4 Å². The number of phenolic OH excluding ortho intramolecular Hbond substituents is 2. The molecule has 19 heavy (non-hydrogen) atoms. The summed E-state index contributed by atoms with van der Waals surface area (Å²) in [5, 5.41) is 19.7. The van der Waals surface area contributed by atoms with Gasteiger partial charge in [0.25, 0.3) is 0 Å². The number of rotatable bonds is 5. The monoisotopic (exact) mass is 258 g/mol. The van der Waals surface area contributed by atoms with Crippen LogP contribution in [0, 0.1) is 0 Å². The molecule has 2 N–H and O–H groups in total. The third-order valence-electron chi connectivity index (χ3n) is 3.08. The standard InChI is InChI=1S/C15H18N2O2/c1-2-3-4-5-11-6-13(18)7-14(19)15(11)12-8-16-10-17-9-12/h6-10,18-19H,2-5H2,1H3. The molecular weight excluding hydrogens is 240 g/mol. The number of hydrogen-bond donors (Lipinski definition) is 2. The van der Waals surface area contributed by atoms with Gasteiger partial charge in [0.2, 0.25) is 0 Å². The van der Waals surface area contributed by atoms with E-state index in [0.29, 0.717) is 0 Å². The van der Waals surface area contributed by atoms with Gasteiger partial charge in [0.1, 0.15) is 17.8 Å². The van der Waals surface area contributed by atoms with Crippen LogP contribution in [0.5, 0.6) is 11.5 Å². The second kappa shape index (κ2) is 6.18. The van der Waals surface area contributed by atoms with Crippen LogP contribution < -0.4 is 0 Å². The fourth-order valence-corrected chi connectivity index (χ4v) is 2.19. The molecule has 0 radical (unpaired) electrons. The zero-order valence-electron chi connectivity index (χ0n) is 11.0. The van der Waals surface area contributed by atoms with Gasteiger partial charge < -0.3 is 10.2 Å². The van der Waals surface area contributed by atoms with Crippen molar-refractivity contribution in [3.05, 3.63) is 36.4 Å². The Hall–Kier alpha value is -2.10. The first kappa shape index (κ1) is 13.3.